The normalized spacial score (nSPS) is 16.7. The Bertz CT molecular complexity index is 1090. The van der Waals surface area contributed by atoms with E-state index < -0.39 is 5.60 Å². The average molecular weight is 442 g/mol. The number of benzene rings is 1. The van der Waals surface area contributed by atoms with Crippen LogP contribution in [0.1, 0.15) is 44.1 Å². The van der Waals surface area contributed by atoms with Gasteiger partial charge in [-0.25, -0.2) is 9.78 Å². The molecular formula is C23H28ClN5O2. The van der Waals surface area contributed by atoms with E-state index >= 15 is 0 Å². The zero-order valence-electron chi connectivity index (χ0n) is 18.4. The van der Waals surface area contributed by atoms with E-state index in [9.17, 15) is 4.79 Å². The fraction of sp³-hybridized carbons (Fsp3) is 0.435. The van der Waals surface area contributed by atoms with E-state index in [0.29, 0.717) is 13.0 Å². The number of fused-ring (bicyclic) bond motifs is 1. The first-order valence-electron chi connectivity index (χ1n) is 10.5. The molecule has 0 bridgehead atoms. The Kier molecular flexibility index (Phi) is 5.79. The van der Waals surface area contributed by atoms with E-state index in [1.165, 1.54) is 0 Å². The molecule has 0 unspecified atom stereocenters. The predicted octanol–water partition coefficient (Wildman–Crippen LogP) is 4.39. The number of nitrogens with zero attached hydrogens (tertiary/aromatic N) is 4. The van der Waals surface area contributed by atoms with Gasteiger partial charge in [-0.1, -0.05) is 23.7 Å². The number of nitrogens with one attached hydrogen (secondary N) is 1. The molecule has 3 heterocycles. The molecule has 8 heteroatoms. The zero-order chi connectivity index (χ0) is 22.2. The number of hydrogen-bond acceptors (Lipinski definition) is 5. The van der Waals surface area contributed by atoms with E-state index in [2.05, 4.69) is 15.2 Å². The van der Waals surface area contributed by atoms with E-state index in [0.717, 1.165) is 46.4 Å². The molecule has 2 aromatic heterocycles. The number of ether oxygens (including phenoxy) is 1. The van der Waals surface area contributed by atoms with Crippen molar-refractivity contribution in [1.82, 2.24) is 19.9 Å². The summed E-state index contributed by atoms with van der Waals surface area (Å²) in [6.07, 6.45) is 1.18. The number of carbonyl (C=O) groups is 1. The summed E-state index contributed by atoms with van der Waals surface area (Å²) in [5.74, 6) is 0.985. The van der Waals surface area contributed by atoms with Crippen LogP contribution in [0, 0.1) is 6.92 Å². The number of alkyl carbamates (subject to hydrolysis) is 1. The molecule has 31 heavy (non-hydrogen) atoms. The van der Waals surface area contributed by atoms with Crippen LogP contribution in [0.3, 0.4) is 0 Å². The number of halogens is 1. The molecule has 164 valence electrons. The second kappa shape index (κ2) is 8.38. The lowest BCUT2D eigenvalue weighted by molar-refractivity contribution is 0.0509. The van der Waals surface area contributed by atoms with Gasteiger partial charge in [0, 0.05) is 42.4 Å². The molecule has 0 spiro atoms. The van der Waals surface area contributed by atoms with Crippen LogP contribution in [0.4, 0.5) is 10.6 Å². The SMILES string of the molecule is Cc1cc(N2CC[C@@H](NC(=O)OC(C)(C)C)C2)n2nc(Cc3ccc(Cl)cc3)cc2n1. The van der Waals surface area contributed by atoms with Gasteiger partial charge >= 0.3 is 6.09 Å². The van der Waals surface area contributed by atoms with Crippen LogP contribution in [0.2, 0.25) is 5.02 Å². The van der Waals surface area contributed by atoms with Crippen molar-refractivity contribution in [3.63, 3.8) is 0 Å². The van der Waals surface area contributed by atoms with E-state index in [4.69, 9.17) is 21.4 Å². The fourth-order valence-corrected chi connectivity index (χ4v) is 3.94. The van der Waals surface area contributed by atoms with E-state index in [1.807, 2.05) is 68.6 Å². The number of rotatable bonds is 4. The summed E-state index contributed by atoms with van der Waals surface area (Å²) in [6.45, 7) is 9.10. The molecule has 1 aliphatic rings. The van der Waals surface area contributed by atoms with Crippen molar-refractivity contribution in [2.75, 3.05) is 18.0 Å². The first-order valence-corrected chi connectivity index (χ1v) is 10.9. The number of aryl methyl sites for hydroxylation is 1. The first-order chi connectivity index (χ1) is 14.7. The zero-order valence-corrected chi connectivity index (χ0v) is 19.1. The molecule has 3 aromatic rings. The lowest BCUT2D eigenvalue weighted by Crippen LogP contribution is -2.40. The molecule has 4 rings (SSSR count). The van der Waals surface area contributed by atoms with E-state index in [1.54, 1.807) is 0 Å². The van der Waals surface area contributed by atoms with Crippen LogP contribution < -0.4 is 10.2 Å². The molecule has 1 aromatic carbocycles. The van der Waals surface area contributed by atoms with Crippen LogP contribution >= 0.6 is 11.6 Å². The van der Waals surface area contributed by atoms with Crippen LogP contribution in [0.15, 0.2) is 36.4 Å². The molecule has 1 N–H and O–H groups in total. The number of aromatic nitrogens is 3. The largest absolute Gasteiger partial charge is 0.444 e. The first kappa shape index (κ1) is 21.4. The summed E-state index contributed by atoms with van der Waals surface area (Å²) in [7, 11) is 0. The minimum atomic E-state index is -0.508. The smallest absolute Gasteiger partial charge is 0.407 e. The fourth-order valence-electron chi connectivity index (χ4n) is 3.81. The maximum Gasteiger partial charge on any atom is 0.407 e. The third-order valence-electron chi connectivity index (χ3n) is 5.12. The van der Waals surface area contributed by atoms with Crippen molar-refractivity contribution < 1.29 is 9.53 Å². The maximum absolute atomic E-state index is 12.1. The monoisotopic (exact) mass is 441 g/mol. The molecule has 0 aliphatic carbocycles. The molecule has 1 aliphatic heterocycles. The van der Waals surface area contributed by atoms with Gasteiger partial charge in [-0.05, 0) is 51.8 Å². The van der Waals surface area contributed by atoms with Crippen molar-refractivity contribution in [1.29, 1.82) is 0 Å². The Morgan fingerprint density at radius 1 is 1.26 bits per heavy atom. The van der Waals surface area contributed by atoms with Gasteiger partial charge in [0.2, 0.25) is 0 Å². The third-order valence-corrected chi connectivity index (χ3v) is 5.37. The van der Waals surface area contributed by atoms with Crippen LogP contribution in [0.5, 0.6) is 0 Å². The van der Waals surface area contributed by atoms with Gasteiger partial charge in [0.15, 0.2) is 5.65 Å². The summed E-state index contributed by atoms with van der Waals surface area (Å²) >= 11 is 6.00. The molecule has 0 saturated carbocycles. The molecule has 1 fully saturated rings. The summed E-state index contributed by atoms with van der Waals surface area (Å²) in [4.78, 5) is 19.0. The summed E-state index contributed by atoms with van der Waals surface area (Å²) in [5, 5.41) is 8.52. The van der Waals surface area contributed by atoms with Gasteiger partial charge in [-0.3, -0.25) is 0 Å². The number of hydrogen-bond donors (Lipinski definition) is 1. The molecule has 1 atom stereocenters. The second-order valence-corrected chi connectivity index (χ2v) is 9.48. The van der Waals surface area contributed by atoms with E-state index in [-0.39, 0.29) is 12.1 Å². The minimum absolute atomic E-state index is 0.0301. The molecule has 7 nitrogen and oxygen atoms in total. The highest BCUT2D eigenvalue weighted by molar-refractivity contribution is 6.30. The van der Waals surface area contributed by atoms with Gasteiger partial charge in [0.25, 0.3) is 0 Å². The van der Waals surface area contributed by atoms with Crippen molar-refractivity contribution in [2.24, 2.45) is 0 Å². The third kappa shape index (κ3) is 5.28. The highest BCUT2D eigenvalue weighted by atomic mass is 35.5. The Morgan fingerprint density at radius 2 is 2.00 bits per heavy atom. The van der Waals surface area contributed by atoms with Crippen molar-refractivity contribution in [3.05, 3.63) is 58.4 Å². The van der Waals surface area contributed by atoms with Crippen molar-refractivity contribution in [3.8, 4) is 0 Å². The molecule has 1 amide bonds. The van der Waals surface area contributed by atoms with Crippen LogP contribution in [0.25, 0.3) is 5.65 Å². The highest BCUT2D eigenvalue weighted by Crippen LogP contribution is 2.24. The van der Waals surface area contributed by atoms with Crippen molar-refractivity contribution >= 4 is 29.2 Å². The minimum Gasteiger partial charge on any atom is -0.444 e. The quantitative estimate of drug-likeness (QED) is 0.650. The maximum atomic E-state index is 12.1. The second-order valence-electron chi connectivity index (χ2n) is 9.04. The Morgan fingerprint density at radius 3 is 2.71 bits per heavy atom. The van der Waals surface area contributed by atoms with Gasteiger partial charge in [0.1, 0.15) is 11.4 Å². The molecule has 1 saturated heterocycles. The summed E-state index contributed by atoms with van der Waals surface area (Å²) in [5.41, 5.74) is 3.34. The van der Waals surface area contributed by atoms with Gasteiger partial charge in [0.05, 0.1) is 11.7 Å². The summed E-state index contributed by atoms with van der Waals surface area (Å²) in [6, 6.07) is 11.9. The topological polar surface area (TPSA) is 71.8 Å². The highest BCUT2D eigenvalue weighted by Gasteiger charge is 2.28. The summed E-state index contributed by atoms with van der Waals surface area (Å²) < 4.78 is 7.29. The van der Waals surface area contributed by atoms with Gasteiger partial charge < -0.3 is 15.0 Å². The van der Waals surface area contributed by atoms with Gasteiger partial charge in [-0.15, -0.1) is 0 Å². The molecular weight excluding hydrogens is 414 g/mol. The lowest BCUT2D eigenvalue weighted by Gasteiger charge is -2.22. The standard InChI is InChI=1S/C23H28ClN5O2/c1-15-11-21(28-10-9-18(14-28)26-22(30)31-23(2,3)4)29-20(25-15)13-19(27-29)12-16-5-7-17(24)8-6-16/h5-8,11,13,18H,9-10,12,14H2,1-4H3,(H,26,30)/t18-/m1/s1. The van der Waals surface area contributed by atoms with Crippen LogP contribution in [-0.4, -0.2) is 45.4 Å². The lowest BCUT2D eigenvalue weighted by atomic mass is 10.1. The Balaban J connectivity index is 1.51. The number of amides is 1. The van der Waals surface area contributed by atoms with Crippen molar-refractivity contribution in [2.45, 2.75) is 52.2 Å². The number of anilines is 1. The predicted molar refractivity (Wildman–Crippen MR) is 122 cm³/mol. The molecule has 0 radical (unpaired) electrons. The Labute approximate surface area is 187 Å². The van der Waals surface area contributed by atoms with Gasteiger partial charge in [-0.2, -0.15) is 9.61 Å². The number of carbonyl (C=O) groups excluding carboxylic acids is 1. The average Bonchev–Trinajstić information content (AvgIpc) is 3.28. The Hall–Kier alpha value is -2.80. The van der Waals surface area contributed by atoms with Crippen LogP contribution in [-0.2, 0) is 11.2 Å².